The van der Waals surface area contributed by atoms with Gasteiger partial charge in [0.05, 0.1) is 17.3 Å². The minimum atomic E-state index is -0.354. The van der Waals surface area contributed by atoms with Crippen LogP contribution in [-0.2, 0) is 17.9 Å². The lowest BCUT2D eigenvalue weighted by molar-refractivity contribution is 0.199. The summed E-state index contributed by atoms with van der Waals surface area (Å²) in [5.74, 6) is -0.103. The molecule has 2 aromatic rings. The Labute approximate surface area is 127 Å². The number of aryl methyl sites for hydroxylation is 1. The van der Waals surface area contributed by atoms with Crippen molar-refractivity contribution in [2.24, 2.45) is 0 Å². The highest BCUT2D eigenvalue weighted by Gasteiger charge is 2.06. The zero-order valence-electron chi connectivity index (χ0n) is 12.2. The zero-order chi connectivity index (χ0) is 15.1. The van der Waals surface area contributed by atoms with Crippen LogP contribution in [0.25, 0.3) is 0 Å². The summed E-state index contributed by atoms with van der Waals surface area (Å²) in [4.78, 5) is 4.28. The van der Waals surface area contributed by atoms with Gasteiger partial charge < -0.3 is 14.8 Å². The Hall–Kier alpha value is -1.50. The SMILES string of the molecule is COCCNCc1ccc(OCc2csc(C)n2)c(F)c1. The maximum atomic E-state index is 13.9. The van der Waals surface area contributed by atoms with Crippen LogP contribution in [-0.4, -0.2) is 25.2 Å². The average Bonchev–Trinajstić information content (AvgIpc) is 2.88. The lowest BCUT2D eigenvalue weighted by Crippen LogP contribution is -2.18. The molecule has 1 N–H and O–H groups in total. The average molecular weight is 310 g/mol. The van der Waals surface area contributed by atoms with Crippen LogP contribution in [0.2, 0.25) is 0 Å². The summed E-state index contributed by atoms with van der Waals surface area (Å²) in [7, 11) is 1.65. The van der Waals surface area contributed by atoms with E-state index in [4.69, 9.17) is 9.47 Å². The maximum absolute atomic E-state index is 13.9. The van der Waals surface area contributed by atoms with E-state index in [-0.39, 0.29) is 18.2 Å². The number of methoxy groups -OCH3 is 1. The first-order valence-corrected chi connectivity index (χ1v) is 7.59. The molecule has 0 fully saturated rings. The summed E-state index contributed by atoms with van der Waals surface area (Å²) < 4.78 is 24.3. The second kappa shape index (κ2) is 8.07. The quantitative estimate of drug-likeness (QED) is 0.761. The zero-order valence-corrected chi connectivity index (χ0v) is 13.0. The molecule has 0 bridgehead atoms. The first-order chi connectivity index (χ1) is 10.2. The van der Waals surface area contributed by atoms with E-state index < -0.39 is 0 Å². The van der Waals surface area contributed by atoms with E-state index in [1.165, 1.54) is 6.07 Å². The fraction of sp³-hybridized carbons (Fsp3) is 0.400. The first kappa shape index (κ1) is 15.9. The van der Waals surface area contributed by atoms with Gasteiger partial charge in [-0.3, -0.25) is 0 Å². The number of nitrogens with one attached hydrogen (secondary N) is 1. The van der Waals surface area contributed by atoms with E-state index in [1.54, 1.807) is 24.5 Å². The van der Waals surface area contributed by atoms with Crippen molar-refractivity contribution in [2.45, 2.75) is 20.1 Å². The van der Waals surface area contributed by atoms with Gasteiger partial charge in [-0.15, -0.1) is 11.3 Å². The number of halogens is 1. The molecular formula is C15H19FN2O2S. The molecule has 0 amide bonds. The highest BCUT2D eigenvalue weighted by Crippen LogP contribution is 2.20. The van der Waals surface area contributed by atoms with Crippen molar-refractivity contribution in [2.75, 3.05) is 20.3 Å². The van der Waals surface area contributed by atoms with E-state index >= 15 is 0 Å². The number of rotatable bonds is 8. The molecule has 0 aliphatic heterocycles. The summed E-state index contributed by atoms with van der Waals surface area (Å²) in [6, 6.07) is 4.99. The normalized spacial score (nSPS) is 10.8. The van der Waals surface area contributed by atoms with Crippen LogP contribution in [0.3, 0.4) is 0 Å². The second-order valence-electron chi connectivity index (χ2n) is 4.58. The van der Waals surface area contributed by atoms with Gasteiger partial charge in [0.2, 0.25) is 0 Å². The van der Waals surface area contributed by atoms with Crippen molar-refractivity contribution in [3.8, 4) is 5.75 Å². The summed E-state index contributed by atoms with van der Waals surface area (Å²) in [6.45, 7) is 4.19. The van der Waals surface area contributed by atoms with Gasteiger partial charge >= 0.3 is 0 Å². The smallest absolute Gasteiger partial charge is 0.165 e. The van der Waals surface area contributed by atoms with Crippen LogP contribution in [0.1, 0.15) is 16.3 Å². The summed E-state index contributed by atoms with van der Waals surface area (Å²) in [5, 5.41) is 6.07. The number of hydrogen-bond acceptors (Lipinski definition) is 5. The highest BCUT2D eigenvalue weighted by molar-refractivity contribution is 7.09. The van der Waals surface area contributed by atoms with E-state index in [0.29, 0.717) is 13.2 Å². The lowest BCUT2D eigenvalue weighted by Gasteiger charge is -2.08. The minimum Gasteiger partial charge on any atom is -0.484 e. The third kappa shape index (κ3) is 5.08. The molecule has 1 aromatic carbocycles. The van der Waals surface area contributed by atoms with Gasteiger partial charge in [0, 0.05) is 25.6 Å². The number of ether oxygens (including phenoxy) is 2. The predicted molar refractivity (Wildman–Crippen MR) is 81.2 cm³/mol. The van der Waals surface area contributed by atoms with Crippen molar-refractivity contribution in [1.29, 1.82) is 0 Å². The molecule has 114 valence electrons. The van der Waals surface area contributed by atoms with Crippen LogP contribution in [0, 0.1) is 12.7 Å². The van der Waals surface area contributed by atoms with Crippen LogP contribution < -0.4 is 10.1 Å². The Kier molecular flexibility index (Phi) is 6.10. The molecule has 0 aliphatic rings. The van der Waals surface area contributed by atoms with Crippen molar-refractivity contribution >= 4 is 11.3 Å². The molecule has 0 saturated carbocycles. The van der Waals surface area contributed by atoms with Gasteiger partial charge in [-0.25, -0.2) is 9.37 Å². The fourth-order valence-corrected chi connectivity index (χ4v) is 2.40. The molecule has 21 heavy (non-hydrogen) atoms. The molecule has 0 radical (unpaired) electrons. The topological polar surface area (TPSA) is 43.4 Å². The van der Waals surface area contributed by atoms with Crippen LogP contribution in [0.5, 0.6) is 5.75 Å². The Morgan fingerprint density at radius 3 is 2.90 bits per heavy atom. The van der Waals surface area contributed by atoms with E-state index in [0.717, 1.165) is 22.8 Å². The molecule has 6 heteroatoms. The minimum absolute atomic E-state index is 0.251. The van der Waals surface area contributed by atoms with E-state index in [1.807, 2.05) is 18.4 Å². The van der Waals surface area contributed by atoms with Gasteiger partial charge in [-0.1, -0.05) is 6.07 Å². The van der Waals surface area contributed by atoms with Gasteiger partial charge in [0.15, 0.2) is 11.6 Å². The summed E-state index contributed by atoms with van der Waals surface area (Å²) >= 11 is 1.56. The number of benzene rings is 1. The number of hydrogen-bond donors (Lipinski definition) is 1. The third-order valence-corrected chi connectivity index (χ3v) is 3.67. The predicted octanol–water partition coefficient (Wildman–Crippen LogP) is 2.91. The lowest BCUT2D eigenvalue weighted by atomic mass is 10.2. The molecule has 0 aliphatic carbocycles. The molecule has 0 unspecified atom stereocenters. The monoisotopic (exact) mass is 310 g/mol. The molecule has 0 spiro atoms. The molecule has 0 saturated heterocycles. The third-order valence-electron chi connectivity index (χ3n) is 2.85. The number of aromatic nitrogens is 1. The summed E-state index contributed by atoms with van der Waals surface area (Å²) in [5.41, 5.74) is 1.70. The second-order valence-corrected chi connectivity index (χ2v) is 5.64. The van der Waals surface area contributed by atoms with Crippen LogP contribution in [0.4, 0.5) is 4.39 Å². The van der Waals surface area contributed by atoms with Gasteiger partial charge in [0.25, 0.3) is 0 Å². The van der Waals surface area contributed by atoms with Crippen molar-refractivity contribution < 1.29 is 13.9 Å². The van der Waals surface area contributed by atoms with E-state index in [2.05, 4.69) is 10.3 Å². The number of thiazole rings is 1. The van der Waals surface area contributed by atoms with Crippen molar-refractivity contribution in [3.63, 3.8) is 0 Å². The molecule has 2 rings (SSSR count). The standard InChI is InChI=1S/C15H19FN2O2S/c1-11-18-13(10-21-11)9-20-15-4-3-12(7-14(15)16)8-17-5-6-19-2/h3-4,7,10,17H,5-6,8-9H2,1-2H3. The van der Waals surface area contributed by atoms with Gasteiger partial charge in [-0.2, -0.15) is 0 Å². The number of nitrogens with zero attached hydrogens (tertiary/aromatic N) is 1. The molecule has 1 aromatic heterocycles. The molecule has 1 heterocycles. The Morgan fingerprint density at radius 2 is 2.24 bits per heavy atom. The Morgan fingerprint density at radius 1 is 1.38 bits per heavy atom. The van der Waals surface area contributed by atoms with Crippen molar-refractivity contribution in [1.82, 2.24) is 10.3 Å². The highest BCUT2D eigenvalue weighted by atomic mass is 32.1. The molecular weight excluding hydrogens is 291 g/mol. The van der Waals surface area contributed by atoms with E-state index in [9.17, 15) is 4.39 Å². The summed E-state index contributed by atoms with van der Waals surface area (Å²) in [6.07, 6.45) is 0. The molecule has 0 atom stereocenters. The maximum Gasteiger partial charge on any atom is 0.165 e. The van der Waals surface area contributed by atoms with Crippen molar-refractivity contribution in [3.05, 3.63) is 45.7 Å². The first-order valence-electron chi connectivity index (χ1n) is 6.71. The van der Waals surface area contributed by atoms with Crippen LogP contribution in [0.15, 0.2) is 23.6 Å². The largest absolute Gasteiger partial charge is 0.484 e. The Balaban J connectivity index is 1.86. The van der Waals surface area contributed by atoms with Gasteiger partial charge in [-0.05, 0) is 24.6 Å². The van der Waals surface area contributed by atoms with Crippen LogP contribution >= 0.6 is 11.3 Å². The molecule has 4 nitrogen and oxygen atoms in total. The fourth-order valence-electron chi connectivity index (χ4n) is 1.80. The van der Waals surface area contributed by atoms with Gasteiger partial charge in [0.1, 0.15) is 6.61 Å². The Bertz CT molecular complexity index is 575.